The Hall–Kier alpha value is -1.61. The monoisotopic (exact) mass is 243 g/mol. The molecule has 18 heavy (non-hydrogen) atoms. The Morgan fingerprint density at radius 3 is 2.67 bits per heavy atom. The second-order valence-electron chi connectivity index (χ2n) is 4.62. The molecule has 0 bridgehead atoms. The van der Waals surface area contributed by atoms with Crippen molar-refractivity contribution in [3.63, 3.8) is 0 Å². The van der Waals surface area contributed by atoms with E-state index in [0.29, 0.717) is 0 Å². The van der Waals surface area contributed by atoms with Gasteiger partial charge in [0.1, 0.15) is 0 Å². The Morgan fingerprint density at radius 1 is 1.28 bits per heavy atom. The van der Waals surface area contributed by atoms with E-state index in [2.05, 4.69) is 56.2 Å². The van der Waals surface area contributed by atoms with E-state index in [4.69, 9.17) is 5.73 Å². The van der Waals surface area contributed by atoms with Crippen LogP contribution in [-0.2, 0) is 13.0 Å². The summed E-state index contributed by atoms with van der Waals surface area (Å²) in [7, 11) is 0. The maximum absolute atomic E-state index is 6.37. The second-order valence-corrected chi connectivity index (χ2v) is 4.62. The summed E-state index contributed by atoms with van der Waals surface area (Å²) in [6, 6.07) is 10.4. The van der Waals surface area contributed by atoms with Gasteiger partial charge < -0.3 is 5.73 Å². The zero-order valence-electron chi connectivity index (χ0n) is 11.4. The Labute approximate surface area is 109 Å². The van der Waals surface area contributed by atoms with E-state index in [0.717, 1.165) is 29.9 Å². The van der Waals surface area contributed by atoms with Gasteiger partial charge in [-0.3, -0.25) is 4.68 Å². The van der Waals surface area contributed by atoms with Crippen molar-refractivity contribution in [2.75, 3.05) is 0 Å². The molecule has 2 rings (SSSR count). The lowest BCUT2D eigenvalue weighted by Gasteiger charge is -2.14. The lowest BCUT2D eigenvalue weighted by Crippen LogP contribution is -2.17. The second kappa shape index (κ2) is 5.36. The molecule has 3 heteroatoms. The smallest absolute Gasteiger partial charge is 0.0723 e. The van der Waals surface area contributed by atoms with Gasteiger partial charge >= 0.3 is 0 Å². The van der Waals surface area contributed by atoms with Gasteiger partial charge in [-0.1, -0.05) is 36.8 Å². The van der Waals surface area contributed by atoms with Gasteiger partial charge in [0, 0.05) is 6.54 Å². The van der Waals surface area contributed by atoms with Gasteiger partial charge in [-0.25, -0.2) is 0 Å². The Kier molecular flexibility index (Phi) is 3.82. The van der Waals surface area contributed by atoms with Gasteiger partial charge in [-0.2, -0.15) is 5.10 Å². The van der Waals surface area contributed by atoms with Crippen molar-refractivity contribution in [1.29, 1.82) is 0 Å². The van der Waals surface area contributed by atoms with Crippen LogP contribution in [0.1, 0.15) is 42.4 Å². The lowest BCUT2D eigenvalue weighted by atomic mass is 10.0. The fourth-order valence-electron chi connectivity index (χ4n) is 2.20. The first kappa shape index (κ1) is 12.8. The summed E-state index contributed by atoms with van der Waals surface area (Å²) in [5, 5.41) is 4.55. The topological polar surface area (TPSA) is 43.8 Å². The molecule has 0 radical (unpaired) electrons. The van der Waals surface area contributed by atoms with Gasteiger partial charge in [-0.05, 0) is 31.9 Å². The van der Waals surface area contributed by atoms with Crippen LogP contribution in [0.15, 0.2) is 30.3 Å². The highest BCUT2D eigenvalue weighted by Gasteiger charge is 2.15. The molecule has 1 aromatic heterocycles. The zero-order valence-corrected chi connectivity index (χ0v) is 11.4. The zero-order chi connectivity index (χ0) is 13.1. The number of hydrogen-bond donors (Lipinski definition) is 1. The Bertz CT molecular complexity index is 528. The van der Waals surface area contributed by atoms with Crippen LogP contribution in [0.25, 0.3) is 0 Å². The summed E-state index contributed by atoms with van der Waals surface area (Å²) in [5.74, 6) is 0. The van der Waals surface area contributed by atoms with E-state index >= 15 is 0 Å². The minimum atomic E-state index is -0.0994. The number of aromatic nitrogens is 2. The fourth-order valence-corrected chi connectivity index (χ4v) is 2.20. The first-order valence-electron chi connectivity index (χ1n) is 6.54. The van der Waals surface area contributed by atoms with Crippen molar-refractivity contribution in [1.82, 2.24) is 9.78 Å². The molecule has 2 N–H and O–H groups in total. The number of nitrogens with zero attached hydrogens (tertiary/aromatic N) is 2. The fraction of sp³-hybridized carbons (Fsp3) is 0.400. The summed E-state index contributed by atoms with van der Waals surface area (Å²) in [6.07, 6.45) is 0.945. The normalized spacial score (nSPS) is 12.7. The highest BCUT2D eigenvalue weighted by atomic mass is 15.3. The predicted molar refractivity (Wildman–Crippen MR) is 74.5 cm³/mol. The Morgan fingerprint density at radius 2 is 2.06 bits per heavy atom. The van der Waals surface area contributed by atoms with Crippen LogP contribution >= 0.6 is 0 Å². The van der Waals surface area contributed by atoms with Crippen LogP contribution in [0.2, 0.25) is 0 Å². The van der Waals surface area contributed by atoms with Gasteiger partial charge in [-0.15, -0.1) is 0 Å². The molecule has 0 aliphatic heterocycles. The Balaban J connectivity index is 2.38. The van der Waals surface area contributed by atoms with E-state index in [1.54, 1.807) is 0 Å². The number of benzene rings is 1. The molecule has 1 heterocycles. The molecule has 96 valence electrons. The summed E-state index contributed by atoms with van der Waals surface area (Å²) < 4.78 is 2.01. The molecule has 2 aromatic rings. The molecule has 0 fully saturated rings. The van der Waals surface area contributed by atoms with Gasteiger partial charge in [0.2, 0.25) is 0 Å². The average Bonchev–Trinajstić information content (AvgIpc) is 2.81. The third-order valence-corrected chi connectivity index (χ3v) is 3.24. The lowest BCUT2D eigenvalue weighted by molar-refractivity contribution is 0.595. The van der Waals surface area contributed by atoms with Crippen LogP contribution in [-0.4, -0.2) is 9.78 Å². The number of nitrogens with two attached hydrogens (primary N) is 1. The van der Waals surface area contributed by atoms with Crippen LogP contribution in [0, 0.1) is 6.92 Å². The number of hydrogen-bond acceptors (Lipinski definition) is 2. The van der Waals surface area contributed by atoms with E-state index in [1.807, 2.05) is 4.68 Å². The highest BCUT2D eigenvalue weighted by Crippen LogP contribution is 2.21. The molecule has 1 aromatic carbocycles. The van der Waals surface area contributed by atoms with Crippen molar-refractivity contribution in [2.24, 2.45) is 5.73 Å². The molecular formula is C15H21N3. The van der Waals surface area contributed by atoms with Crippen molar-refractivity contribution in [3.8, 4) is 0 Å². The van der Waals surface area contributed by atoms with Gasteiger partial charge in [0.25, 0.3) is 0 Å². The molecule has 1 unspecified atom stereocenters. The molecular weight excluding hydrogens is 222 g/mol. The third-order valence-electron chi connectivity index (χ3n) is 3.24. The van der Waals surface area contributed by atoms with E-state index in [1.165, 1.54) is 5.56 Å². The summed E-state index contributed by atoms with van der Waals surface area (Å²) in [5.41, 5.74) is 11.0. The van der Waals surface area contributed by atoms with Gasteiger partial charge in [0.05, 0.1) is 17.4 Å². The van der Waals surface area contributed by atoms with Crippen LogP contribution in [0.4, 0.5) is 0 Å². The predicted octanol–water partition coefficient (Wildman–Crippen LogP) is 2.82. The van der Waals surface area contributed by atoms with Crippen LogP contribution < -0.4 is 5.73 Å². The van der Waals surface area contributed by atoms with Crippen molar-refractivity contribution < 1.29 is 0 Å². The molecule has 1 atom stereocenters. The van der Waals surface area contributed by atoms with Crippen LogP contribution in [0.5, 0.6) is 0 Å². The van der Waals surface area contributed by atoms with E-state index < -0.39 is 0 Å². The summed E-state index contributed by atoms with van der Waals surface area (Å²) >= 11 is 0. The summed E-state index contributed by atoms with van der Waals surface area (Å²) in [4.78, 5) is 0. The van der Waals surface area contributed by atoms with E-state index in [-0.39, 0.29) is 6.04 Å². The van der Waals surface area contributed by atoms with Crippen LogP contribution in [0.3, 0.4) is 0 Å². The molecule has 0 amide bonds. The minimum absolute atomic E-state index is 0.0994. The minimum Gasteiger partial charge on any atom is -0.319 e. The summed E-state index contributed by atoms with van der Waals surface area (Å²) in [6.45, 7) is 7.16. The third kappa shape index (κ3) is 2.46. The first-order chi connectivity index (χ1) is 8.65. The average molecular weight is 243 g/mol. The standard InChI is InChI=1S/C15H21N3/c1-4-13-10-14(18(5-2)17-13)15(16)12-8-6-7-11(3)9-12/h6-10,15H,4-5,16H2,1-3H3. The maximum atomic E-state index is 6.37. The van der Waals surface area contributed by atoms with E-state index in [9.17, 15) is 0 Å². The van der Waals surface area contributed by atoms with Crippen molar-refractivity contribution in [2.45, 2.75) is 39.8 Å². The van der Waals surface area contributed by atoms with Gasteiger partial charge in [0.15, 0.2) is 0 Å². The van der Waals surface area contributed by atoms with Crippen molar-refractivity contribution >= 4 is 0 Å². The number of aryl methyl sites for hydroxylation is 3. The number of rotatable bonds is 4. The SMILES string of the molecule is CCc1cc(C(N)c2cccc(C)c2)n(CC)n1. The molecule has 0 saturated carbocycles. The highest BCUT2D eigenvalue weighted by molar-refractivity contribution is 5.31. The quantitative estimate of drug-likeness (QED) is 0.897. The molecule has 0 aliphatic carbocycles. The maximum Gasteiger partial charge on any atom is 0.0723 e. The molecule has 0 saturated heterocycles. The molecule has 3 nitrogen and oxygen atoms in total. The molecule has 0 aliphatic rings. The largest absolute Gasteiger partial charge is 0.319 e. The first-order valence-corrected chi connectivity index (χ1v) is 6.54. The van der Waals surface area contributed by atoms with Crippen molar-refractivity contribution in [3.05, 3.63) is 52.8 Å². The molecule has 0 spiro atoms.